The molecule has 0 saturated carbocycles. The smallest absolute Gasteiger partial charge is 0.303 e. The number of amides is 1. The molecule has 6 nitrogen and oxygen atoms in total. The lowest BCUT2D eigenvalue weighted by Crippen LogP contribution is -2.12. The fourth-order valence-electron chi connectivity index (χ4n) is 2.94. The van der Waals surface area contributed by atoms with E-state index in [2.05, 4.69) is 5.32 Å². The zero-order chi connectivity index (χ0) is 21.5. The van der Waals surface area contributed by atoms with Crippen LogP contribution in [0, 0.1) is 5.92 Å². The second kappa shape index (κ2) is 14.9. The molecule has 0 radical (unpaired) electrons. The maximum atomic E-state index is 12.2. The first-order valence-corrected chi connectivity index (χ1v) is 11.3. The Balaban J connectivity index is 2.24. The van der Waals surface area contributed by atoms with Gasteiger partial charge in [-0.25, -0.2) is 0 Å². The van der Waals surface area contributed by atoms with Crippen LogP contribution in [0.15, 0.2) is 29.2 Å². The van der Waals surface area contributed by atoms with E-state index in [1.54, 1.807) is 11.8 Å². The van der Waals surface area contributed by atoms with Crippen molar-refractivity contribution in [2.24, 2.45) is 5.92 Å². The Bertz CT molecular complexity index is 650. The van der Waals surface area contributed by atoms with Crippen molar-refractivity contribution in [3.05, 3.63) is 24.3 Å². The van der Waals surface area contributed by atoms with Gasteiger partial charge in [-0.15, -0.1) is 11.8 Å². The minimum Gasteiger partial charge on any atom is -0.481 e. The van der Waals surface area contributed by atoms with E-state index in [9.17, 15) is 14.4 Å². The average molecular weight is 424 g/mol. The summed E-state index contributed by atoms with van der Waals surface area (Å²) in [5.41, 5.74) is 0.781. The molecule has 0 fully saturated rings. The SMILES string of the molecule is C[C@H](CSc1ccccc1NC(=O)CCCCCCCCCC(=O)O)CC(=O)O. The van der Waals surface area contributed by atoms with Gasteiger partial charge in [0.2, 0.25) is 5.91 Å². The van der Waals surface area contributed by atoms with Gasteiger partial charge in [0.1, 0.15) is 0 Å². The number of carboxylic acids is 2. The summed E-state index contributed by atoms with van der Waals surface area (Å²) in [5.74, 6) is -0.778. The molecule has 0 heterocycles. The number of carboxylic acid groups (broad SMARTS) is 2. The van der Waals surface area contributed by atoms with Crippen LogP contribution in [-0.2, 0) is 14.4 Å². The molecule has 0 aromatic heterocycles. The van der Waals surface area contributed by atoms with Crippen LogP contribution in [0.3, 0.4) is 0 Å². The Hall–Kier alpha value is -2.02. The number of nitrogens with one attached hydrogen (secondary N) is 1. The van der Waals surface area contributed by atoms with Gasteiger partial charge in [0.05, 0.1) is 5.69 Å². The van der Waals surface area contributed by atoms with Gasteiger partial charge in [-0.1, -0.05) is 51.2 Å². The van der Waals surface area contributed by atoms with Crippen molar-refractivity contribution < 1.29 is 24.6 Å². The Morgan fingerprint density at radius 2 is 1.48 bits per heavy atom. The summed E-state index contributed by atoms with van der Waals surface area (Å²) in [6.07, 6.45) is 7.58. The molecule has 3 N–H and O–H groups in total. The van der Waals surface area contributed by atoms with Crippen LogP contribution in [-0.4, -0.2) is 33.8 Å². The van der Waals surface area contributed by atoms with Gasteiger partial charge >= 0.3 is 11.9 Å². The second-order valence-corrected chi connectivity index (χ2v) is 8.49. The normalized spacial score (nSPS) is 11.8. The molecule has 0 saturated heterocycles. The maximum absolute atomic E-state index is 12.2. The monoisotopic (exact) mass is 423 g/mol. The molecule has 1 atom stereocenters. The van der Waals surface area contributed by atoms with Crippen molar-refractivity contribution in [3.8, 4) is 0 Å². The molecule has 29 heavy (non-hydrogen) atoms. The van der Waals surface area contributed by atoms with Crippen LogP contribution in [0.25, 0.3) is 0 Å². The van der Waals surface area contributed by atoms with E-state index in [1.807, 2.05) is 31.2 Å². The number of para-hydroxylation sites is 1. The lowest BCUT2D eigenvalue weighted by molar-refractivity contribution is -0.138. The van der Waals surface area contributed by atoms with Crippen molar-refractivity contribution in [2.45, 2.75) is 76.0 Å². The quantitative estimate of drug-likeness (QED) is 0.242. The third kappa shape index (κ3) is 12.9. The van der Waals surface area contributed by atoms with Gasteiger partial charge in [0.25, 0.3) is 0 Å². The second-order valence-electron chi connectivity index (χ2n) is 7.43. The number of unbranched alkanes of at least 4 members (excludes halogenated alkanes) is 6. The number of hydrogen-bond acceptors (Lipinski definition) is 4. The molecule has 1 aromatic rings. The molecule has 0 aliphatic heterocycles. The fraction of sp³-hybridized carbons (Fsp3) is 0.591. The molecule has 0 aliphatic rings. The van der Waals surface area contributed by atoms with Gasteiger partial charge in [-0.05, 0) is 30.9 Å². The van der Waals surface area contributed by atoms with Crippen molar-refractivity contribution in [2.75, 3.05) is 11.1 Å². The van der Waals surface area contributed by atoms with E-state index in [1.165, 1.54) is 0 Å². The maximum Gasteiger partial charge on any atom is 0.303 e. The first kappa shape index (κ1) is 25.0. The summed E-state index contributed by atoms with van der Waals surface area (Å²) in [6, 6.07) is 7.61. The highest BCUT2D eigenvalue weighted by Gasteiger charge is 2.11. The van der Waals surface area contributed by atoms with Gasteiger partial charge in [0, 0.05) is 29.9 Å². The number of rotatable bonds is 16. The Labute approximate surface area is 177 Å². The molecule has 1 amide bonds. The van der Waals surface area contributed by atoms with E-state index in [0.29, 0.717) is 12.2 Å². The standard InChI is InChI=1S/C22H33NO5S/c1-17(15-22(27)28)16-29-19-12-10-9-11-18(19)23-20(24)13-7-5-3-2-4-6-8-14-21(25)26/h9-12,17H,2-8,13-16H2,1H3,(H,23,24)(H,25,26)(H,27,28)/t17-/m0/s1. The summed E-state index contributed by atoms with van der Waals surface area (Å²) in [7, 11) is 0. The number of aliphatic carboxylic acids is 2. The Kier molecular flexibility index (Phi) is 12.9. The first-order chi connectivity index (χ1) is 13.9. The molecular weight excluding hydrogens is 390 g/mol. The van der Waals surface area contributed by atoms with E-state index in [0.717, 1.165) is 55.5 Å². The van der Waals surface area contributed by atoms with Crippen molar-refractivity contribution in [3.63, 3.8) is 0 Å². The van der Waals surface area contributed by atoms with E-state index < -0.39 is 11.9 Å². The van der Waals surface area contributed by atoms with E-state index in [-0.39, 0.29) is 24.7 Å². The lowest BCUT2D eigenvalue weighted by atomic mass is 10.1. The van der Waals surface area contributed by atoms with Crippen molar-refractivity contribution in [1.29, 1.82) is 0 Å². The summed E-state index contributed by atoms with van der Waals surface area (Å²) < 4.78 is 0. The Morgan fingerprint density at radius 1 is 0.897 bits per heavy atom. The highest BCUT2D eigenvalue weighted by Crippen LogP contribution is 2.29. The number of benzene rings is 1. The lowest BCUT2D eigenvalue weighted by Gasteiger charge is -2.13. The van der Waals surface area contributed by atoms with Gasteiger partial charge in [-0.2, -0.15) is 0 Å². The number of hydrogen-bond donors (Lipinski definition) is 3. The van der Waals surface area contributed by atoms with Gasteiger partial charge in [-0.3, -0.25) is 14.4 Å². The topological polar surface area (TPSA) is 104 Å². The molecule has 0 spiro atoms. The van der Waals surface area contributed by atoms with Crippen LogP contribution < -0.4 is 5.32 Å². The highest BCUT2D eigenvalue weighted by atomic mass is 32.2. The molecule has 7 heteroatoms. The molecule has 0 aliphatic carbocycles. The van der Waals surface area contributed by atoms with E-state index >= 15 is 0 Å². The van der Waals surface area contributed by atoms with Gasteiger partial charge < -0.3 is 15.5 Å². The predicted molar refractivity (Wildman–Crippen MR) is 116 cm³/mol. The molecule has 162 valence electrons. The molecule has 1 rings (SSSR count). The molecule has 0 unspecified atom stereocenters. The van der Waals surface area contributed by atoms with Crippen LogP contribution in [0.5, 0.6) is 0 Å². The Morgan fingerprint density at radius 3 is 2.10 bits per heavy atom. The van der Waals surface area contributed by atoms with Crippen LogP contribution in [0.4, 0.5) is 5.69 Å². The van der Waals surface area contributed by atoms with Crippen LogP contribution in [0.1, 0.15) is 71.1 Å². The van der Waals surface area contributed by atoms with Crippen molar-refractivity contribution in [1.82, 2.24) is 0 Å². The number of thioether (sulfide) groups is 1. The zero-order valence-electron chi connectivity index (χ0n) is 17.2. The van der Waals surface area contributed by atoms with Crippen LogP contribution in [0.2, 0.25) is 0 Å². The number of carbonyl (C=O) groups excluding carboxylic acids is 1. The average Bonchev–Trinajstić information content (AvgIpc) is 2.65. The predicted octanol–water partition coefficient (Wildman–Crippen LogP) is 5.42. The summed E-state index contributed by atoms with van der Waals surface area (Å²) in [5, 5.41) is 20.4. The highest BCUT2D eigenvalue weighted by molar-refractivity contribution is 7.99. The van der Waals surface area contributed by atoms with Crippen LogP contribution >= 0.6 is 11.8 Å². The third-order valence-electron chi connectivity index (χ3n) is 4.50. The largest absolute Gasteiger partial charge is 0.481 e. The fourth-order valence-corrected chi connectivity index (χ4v) is 3.97. The summed E-state index contributed by atoms with van der Waals surface area (Å²) in [4.78, 5) is 34.4. The number of anilines is 1. The summed E-state index contributed by atoms with van der Waals surface area (Å²) in [6.45, 7) is 1.91. The zero-order valence-corrected chi connectivity index (χ0v) is 18.0. The third-order valence-corrected chi connectivity index (χ3v) is 5.90. The molecular formula is C22H33NO5S. The molecule has 0 bridgehead atoms. The van der Waals surface area contributed by atoms with Crippen molar-refractivity contribution >= 4 is 35.3 Å². The summed E-state index contributed by atoms with van der Waals surface area (Å²) >= 11 is 1.57. The molecule has 1 aromatic carbocycles. The first-order valence-electron chi connectivity index (χ1n) is 10.3. The number of carbonyl (C=O) groups is 3. The minimum atomic E-state index is -0.792. The van der Waals surface area contributed by atoms with Gasteiger partial charge in [0.15, 0.2) is 0 Å². The minimum absolute atomic E-state index is 0.00177. The van der Waals surface area contributed by atoms with E-state index in [4.69, 9.17) is 10.2 Å².